The highest BCUT2D eigenvalue weighted by Gasteiger charge is 2.06. The Kier molecular flexibility index (Phi) is 3.01. The van der Waals surface area contributed by atoms with Gasteiger partial charge in [0.05, 0.1) is 23.0 Å². The van der Waals surface area contributed by atoms with E-state index in [1.54, 1.807) is 6.20 Å². The van der Waals surface area contributed by atoms with Gasteiger partial charge in [-0.25, -0.2) is 0 Å². The average molecular weight is 265 g/mol. The maximum Gasteiger partial charge on any atom is 0.257 e. The van der Waals surface area contributed by atoms with Crippen LogP contribution in [0, 0.1) is 0 Å². The van der Waals surface area contributed by atoms with Gasteiger partial charge in [-0.05, 0) is 18.2 Å². The highest BCUT2D eigenvalue weighted by molar-refractivity contribution is 6.04. The summed E-state index contributed by atoms with van der Waals surface area (Å²) in [5.41, 5.74) is 1.63. The Bertz CT molecular complexity index is 819. The summed E-state index contributed by atoms with van der Waals surface area (Å²) in [6.45, 7) is 0. The van der Waals surface area contributed by atoms with Crippen LogP contribution in [0.2, 0.25) is 0 Å². The Morgan fingerprint density at radius 1 is 1.15 bits per heavy atom. The molecule has 0 saturated heterocycles. The maximum atomic E-state index is 12.0. The molecular weight excluding hydrogens is 254 g/mol. The van der Waals surface area contributed by atoms with Crippen molar-refractivity contribution in [3.8, 4) is 0 Å². The van der Waals surface area contributed by atoms with E-state index in [9.17, 15) is 9.59 Å². The van der Waals surface area contributed by atoms with Crippen molar-refractivity contribution < 1.29 is 4.79 Å². The number of nitrogens with one attached hydrogen (secondary N) is 2. The zero-order valence-electron chi connectivity index (χ0n) is 10.5. The van der Waals surface area contributed by atoms with Gasteiger partial charge in [-0.15, -0.1) is 0 Å². The molecule has 20 heavy (non-hydrogen) atoms. The van der Waals surface area contributed by atoms with E-state index in [0.29, 0.717) is 11.3 Å². The Morgan fingerprint density at radius 3 is 2.80 bits per heavy atom. The normalized spacial score (nSPS) is 10.4. The number of rotatable bonds is 2. The molecule has 0 fully saturated rings. The standard InChI is InChI=1S/C15H11N3O2/c19-14-6-5-11(8-17-14)15(20)18-12-7-10-3-1-2-4-13(10)16-9-12/h1-9H,(H,17,19)(H,18,20). The Balaban J connectivity index is 1.87. The van der Waals surface area contributed by atoms with E-state index in [4.69, 9.17) is 0 Å². The molecule has 0 radical (unpaired) electrons. The number of benzene rings is 1. The van der Waals surface area contributed by atoms with Crippen molar-refractivity contribution >= 4 is 22.5 Å². The van der Waals surface area contributed by atoms with Crippen molar-refractivity contribution in [3.05, 3.63) is 70.8 Å². The number of fused-ring (bicyclic) bond motifs is 1. The molecule has 1 amide bonds. The van der Waals surface area contributed by atoms with Gasteiger partial charge in [0.1, 0.15) is 0 Å². The minimum absolute atomic E-state index is 0.242. The smallest absolute Gasteiger partial charge is 0.257 e. The van der Waals surface area contributed by atoms with E-state index in [2.05, 4.69) is 15.3 Å². The van der Waals surface area contributed by atoms with Crippen LogP contribution >= 0.6 is 0 Å². The van der Waals surface area contributed by atoms with Crippen molar-refractivity contribution in [2.45, 2.75) is 0 Å². The quantitative estimate of drug-likeness (QED) is 0.745. The number of para-hydroxylation sites is 1. The lowest BCUT2D eigenvalue weighted by Crippen LogP contribution is -2.14. The van der Waals surface area contributed by atoms with Crippen LogP contribution in [0.4, 0.5) is 5.69 Å². The van der Waals surface area contributed by atoms with Gasteiger partial charge in [0.15, 0.2) is 0 Å². The van der Waals surface area contributed by atoms with Crippen molar-refractivity contribution in [3.63, 3.8) is 0 Å². The Labute approximate surface area is 114 Å². The molecule has 2 aromatic heterocycles. The minimum Gasteiger partial charge on any atom is -0.328 e. The van der Waals surface area contributed by atoms with Crippen LogP contribution < -0.4 is 10.9 Å². The highest BCUT2D eigenvalue weighted by Crippen LogP contribution is 2.16. The van der Waals surface area contributed by atoms with Crippen LogP contribution in [0.3, 0.4) is 0 Å². The van der Waals surface area contributed by atoms with Gasteiger partial charge in [-0.1, -0.05) is 18.2 Å². The Hall–Kier alpha value is -2.95. The predicted molar refractivity (Wildman–Crippen MR) is 76.8 cm³/mol. The number of amides is 1. The number of hydrogen-bond donors (Lipinski definition) is 2. The summed E-state index contributed by atoms with van der Waals surface area (Å²) in [6, 6.07) is 12.3. The summed E-state index contributed by atoms with van der Waals surface area (Å²) in [6.07, 6.45) is 2.98. The van der Waals surface area contributed by atoms with Crippen LogP contribution in [-0.4, -0.2) is 15.9 Å². The molecule has 5 heteroatoms. The second-order valence-electron chi connectivity index (χ2n) is 4.31. The fraction of sp³-hybridized carbons (Fsp3) is 0. The first-order valence-corrected chi connectivity index (χ1v) is 6.07. The van der Waals surface area contributed by atoms with Gasteiger partial charge in [-0.2, -0.15) is 0 Å². The van der Waals surface area contributed by atoms with Gasteiger partial charge in [0.2, 0.25) is 5.56 Å². The first-order chi connectivity index (χ1) is 9.72. The molecule has 0 aliphatic heterocycles. The molecule has 2 heterocycles. The molecule has 2 N–H and O–H groups in total. The lowest BCUT2D eigenvalue weighted by molar-refractivity contribution is 0.102. The number of aromatic amines is 1. The first kappa shape index (κ1) is 12.1. The number of carbonyl (C=O) groups excluding carboxylic acids is 1. The van der Waals surface area contributed by atoms with Crippen LogP contribution in [0.25, 0.3) is 10.9 Å². The Morgan fingerprint density at radius 2 is 2.00 bits per heavy atom. The van der Waals surface area contributed by atoms with Gasteiger partial charge in [0.25, 0.3) is 5.91 Å². The number of pyridine rings is 2. The van der Waals surface area contributed by atoms with Crippen LogP contribution in [0.5, 0.6) is 0 Å². The monoisotopic (exact) mass is 265 g/mol. The lowest BCUT2D eigenvalue weighted by atomic mass is 10.2. The summed E-state index contributed by atoms with van der Waals surface area (Å²) in [5, 5.41) is 3.70. The van der Waals surface area contributed by atoms with Gasteiger partial charge in [-0.3, -0.25) is 14.6 Å². The van der Waals surface area contributed by atoms with Crippen molar-refractivity contribution in [2.75, 3.05) is 5.32 Å². The largest absolute Gasteiger partial charge is 0.328 e. The van der Waals surface area contributed by atoms with E-state index < -0.39 is 0 Å². The average Bonchev–Trinajstić information content (AvgIpc) is 2.48. The van der Waals surface area contributed by atoms with E-state index in [-0.39, 0.29) is 11.5 Å². The fourth-order valence-corrected chi connectivity index (χ4v) is 1.89. The second-order valence-corrected chi connectivity index (χ2v) is 4.31. The summed E-state index contributed by atoms with van der Waals surface area (Å²) in [5.74, 6) is -0.293. The predicted octanol–water partition coefficient (Wildman–Crippen LogP) is 2.18. The molecule has 0 unspecified atom stereocenters. The molecule has 3 rings (SSSR count). The highest BCUT2D eigenvalue weighted by atomic mass is 16.1. The van der Waals surface area contributed by atoms with Gasteiger partial charge in [0, 0.05) is 17.6 Å². The van der Waals surface area contributed by atoms with Crippen LogP contribution in [-0.2, 0) is 0 Å². The first-order valence-electron chi connectivity index (χ1n) is 6.07. The molecule has 98 valence electrons. The summed E-state index contributed by atoms with van der Waals surface area (Å²) < 4.78 is 0. The zero-order valence-corrected chi connectivity index (χ0v) is 10.5. The number of nitrogens with zero attached hydrogens (tertiary/aromatic N) is 1. The van der Waals surface area contributed by atoms with E-state index in [1.165, 1.54) is 18.3 Å². The van der Waals surface area contributed by atoms with Crippen LogP contribution in [0.1, 0.15) is 10.4 Å². The molecule has 0 aliphatic rings. The van der Waals surface area contributed by atoms with Gasteiger partial charge >= 0.3 is 0 Å². The molecule has 0 aliphatic carbocycles. The molecule has 0 atom stereocenters. The minimum atomic E-state index is -0.293. The van der Waals surface area contributed by atoms with Crippen LogP contribution in [0.15, 0.2) is 59.7 Å². The van der Waals surface area contributed by atoms with E-state index in [1.807, 2.05) is 30.3 Å². The van der Waals surface area contributed by atoms with Crippen molar-refractivity contribution in [2.24, 2.45) is 0 Å². The maximum absolute atomic E-state index is 12.0. The summed E-state index contributed by atoms with van der Waals surface area (Å²) in [7, 11) is 0. The number of aromatic nitrogens is 2. The topological polar surface area (TPSA) is 74.8 Å². The number of carbonyl (C=O) groups is 1. The number of H-pyrrole nitrogens is 1. The molecule has 0 saturated carbocycles. The second kappa shape index (κ2) is 4.97. The van der Waals surface area contributed by atoms with E-state index >= 15 is 0 Å². The zero-order chi connectivity index (χ0) is 13.9. The third-order valence-electron chi connectivity index (χ3n) is 2.89. The molecule has 0 bridgehead atoms. The third-order valence-corrected chi connectivity index (χ3v) is 2.89. The molecular formula is C15H11N3O2. The van der Waals surface area contributed by atoms with Crippen molar-refractivity contribution in [1.82, 2.24) is 9.97 Å². The van der Waals surface area contributed by atoms with Gasteiger partial charge < -0.3 is 10.3 Å². The summed E-state index contributed by atoms with van der Waals surface area (Å²) >= 11 is 0. The molecule has 5 nitrogen and oxygen atoms in total. The molecule has 0 spiro atoms. The number of hydrogen-bond acceptors (Lipinski definition) is 3. The molecule has 1 aromatic carbocycles. The molecule has 3 aromatic rings. The fourth-order valence-electron chi connectivity index (χ4n) is 1.89. The number of anilines is 1. The third kappa shape index (κ3) is 2.42. The lowest BCUT2D eigenvalue weighted by Gasteiger charge is -2.05. The van der Waals surface area contributed by atoms with E-state index in [0.717, 1.165) is 10.9 Å². The van der Waals surface area contributed by atoms with Crippen molar-refractivity contribution in [1.29, 1.82) is 0 Å². The summed E-state index contributed by atoms with van der Waals surface area (Å²) in [4.78, 5) is 29.7. The SMILES string of the molecule is O=C(Nc1cnc2ccccc2c1)c1ccc(=O)[nH]c1.